The normalized spacial score (nSPS) is 9.88. The highest BCUT2D eigenvalue weighted by Gasteiger charge is 2.14. The van der Waals surface area contributed by atoms with Gasteiger partial charge in [-0.25, -0.2) is 4.79 Å². The number of amides is 1. The molecule has 0 aromatic heterocycles. The molecule has 2 aromatic carbocycles. The quantitative estimate of drug-likeness (QED) is 0.716. The molecule has 0 unspecified atom stereocenters. The first-order valence-corrected chi connectivity index (χ1v) is 8.16. The third-order valence-electron chi connectivity index (χ3n) is 3.66. The minimum absolute atomic E-state index is 0.297. The van der Waals surface area contributed by atoms with Gasteiger partial charge >= 0.3 is 5.97 Å². The monoisotopic (exact) mass is 352 g/mol. The fourth-order valence-electron chi connectivity index (χ4n) is 2.22. The molecule has 0 saturated carbocycles. The van der Waals surface area contributed by atoms with Crippen LogP contribution in [0.15, 0.2) is 48.5 Å². The fraction of sp³-hybridized carbons (Fsp3) is 0.250. The van der Waals surface area contributed by atoms with E-state index < -0.39 is 5.97 Å². The molecule has 0 aliphatic heterocycles. The molecule has 0 N–H and O–H groups in total. The van der Waals surface area contributed by atoms with E-state index in [1.807, 2.05) is 37.3 Å². The van der Waals surface area contributed by atoms with Crippen LogP contribution in [0.2, 0.25) is 0 Å². The van der Waals surface area contributed by atoms with Gasteiger partial charge in [-0.3, -0.25) is 4.79 Å². The maximum Gasteiger partial charge on any atom is 0.338 e. The summed E-state index contributed by atoms with van der Waals surface area (Å²) >= 11 is 0. The van der Waals surface area contributed by atoms with Gasteiger partial charge in [0.1, 0.15) is 5.75 Å². The van der Waals surface area contributed by atoms with Crippen LogP contribution in [-0.2, 0) is 16.1 Å². The number of ether oxygens (including phenoxy) is 2. The molecule has 134 valence electrons. The summed E-state index contributed by atoms with van der Waals surface area (Å²) in [6.45, 7) is 2.58. The minimum Gasteiger partial charge on any atom is -0.494 e. The second kappa shape index (κ2) is 9.23. The first-order valence-electron chi connectivity index (χ1n) is 8.16. The van der Waals surface area contributed by atoms with Gasteiger partial charge in [0.05, 0.1) is 23.8 Å². The SMILES string of the molecule is CCOc1ccc(CN(C)C(=O)COC(=O)c2ccc(C#N)cc2)cc1. The number of esters is 1. The second-order valence-corrected chi connectivity index (χ2v) is 5.59. The summed E-state index contributed by atoms with van der Waals surface area (Å²) in [5.41, 5.74) is 1.70. The van der Waals surface area contributed by atoms with Crippen LogP contribution in [0.3, 0.4) is 0 Å². The van der Waals surface area contributed by atoms with Crippen LogP contribution in [0.5, 0.6) is 5.75 Å². The summed E-state index contributed by atoms with van der Waals surface area (Å²) in [4.78, 5) is 25.6. The largest absolute Gasteiger partial charge is 0.494 e. The van der Waals surface area contributed by atoms with Crippen LogP contribution in [0.4, 0.5) is 0 Å². The summed E-state index contributed by atoms with van der Waals surface area (Å²) in [6, 6.07) is 15.5. The number of carbonyl (C=O) groups excluding carboxylic acids is 2. The van der Waals surface area contributed by atoms with Crippen molar-refractivity contribution < 1.29 is 19.1 Å². The van der Waals surface area contributed by atoms with E-state index in [2.05, 4.69) is 0 Å². The Labute approximate surface area is 152 Å². The van der Waals surface area contributed by atoms with Gasteiger partial charge in [-0.2, -0.15) is 5.26 Å². The topological polar surface area (TPSA) is 79.6 Å². The van der Waals surface area contributed by atoms with Gasteiger partial charge in [0, 0.05) is 13.6 Å². The minimum atomic E-state index is -0.600. The Morgan fingerprint density at radius 3 is 2.31 bits per heavy atom. The van der Waals surface area contributed by atoms with E-state index in [1.165, 1.54) is 29.2 Å². The van der Waals surface area contributed by atoms with E-state index in [4.69, 9.17) is 14.7 Å². The van der Waals surface area contributed by atoms with Crippen molar-refractivity contribution in [1.82, 2.24) is 4.90 Å². The Morgan fingerprint density at radius 1 is 1.08 bits per heavy atom. The zero-order valence-corrected chi connectivity index (χ0v) is 14.8. The van der Waals surface area contributed by atoms with Gasteiger partial charge in [-0.1, -0.05) is 12.1 Å². The van der Waals surface area contributed by atoms with Crippen LogP contribution < -0.4 is 4.74 Å². The Hall–Kier alpha value is -3.33. The molecule has 2 aromatic rings. The molecule has 2 rings (SSSR count). The molecule has 0 radical (unpaired) electrons. The summed E-state index contributed by atoms with van der Waals surface area (Å²) in [7, 11) is 1.65. The van der Waals surface area contributed by atoms with Crippen LogP contribution in [0.25, 0.3) is 0 Å². The molecule has 0 heterocycles. The number of carbonyl (C=O) groups is 2. The molecule has 0 aliphatic rings. The van der Waals surface area contributed by atoms with Crippen molar-refractivity contribution in [3.05, 3.63) is 65.2 Å². The van der Waals surface area contributed by atoms with Crippen molar-refractivity contribution in [3.8, 4) is 11.8 Å². The molecule has 0 saturated heterocycles. The average molecular weight is 352 g/mol. The van der Waals surface area contributed by atoms with Crippen molar-refractivity contribution in [1.29, 1.82) is 5.26 Å². The Morgan fingerprint density at radius 2 is 1.73 bits per heavy atom. The van der Waals surface area contributed by atoms with E-state index in [-0.39, 0.29) is 12.5 Å². The van der Waals surface area contributed by atoms with E-state index >= 15 is 0 Å². The molecular weight excluding hydrogens is 332 g/mol. The van der Waals surface area contributed by atoms with Gasteiger partial charge in [-0.15, -0.1) is 0 Å². The smallest absolute Gasteiger partial charge is 0.338 e. The predicted octanol–water partition coefficient (Wildman–Crippen LogP) is 2.77. The van der Waals surface area contributed by atoms with Gasteiger partial charge < -0.3 is 14.4 Å². The van der Waals surface area contributed by atoms with Crippen molar-refractivity contribution >= 4 is 11.9 Å². The summed E-state index contributed by atoms with van der Waals surface area (Å²) in [5, 5.41) is 8.74. The van der Waals surface area contributed by atoms with E-state index in [0.29, 0.717) is 24.3 Å². The molecule has 0 aliphatic carbocycles. The standard InChI is InChI=1S/C20H20N2O4/c1-3-25-18-10-6-16(7-11-18)13-22(2)19(23)14-26-20(24)17-8-4-15(12-21)5-9-17/h4-11H,3,13-14H2,1-2H3. The number of benzene rings is 2. The Kier molecular flexibility index (Phi) is 6.75. The average Bonchev–Trinajstić information content (AvgIpc) is 2.67. The highest BCUT2D eigenvalue weighted by Crippen LogP contribution is 2.13. The molecule has 0 spiro atoms. The summed E-state index contributed by atoms with van der Waals surface area (Å²) in [5.74, 6) is -0.125. The third kappa shape index (κ3) is 5.35. The van der Waals surface area contributed by atoms with E-state index in [9.17, 15) is 9.59 Å². The molecule has 26 heavy (non-hydrogen) atoms. The Bertz CT molecular complexity index is 792. The molecule has 0 atom stereocenters. The highest BCUT2D eigenvalue weighted by molar-refractivity contribution is 5.91. The molecule has 6 heteroatoms. The van der Waals surface area contributed by atoms with Gasteiger partial charge in [0.15, 0.2) is 6.61 Å². The van der Waals surface area contributed by atoms with Gasteiger partial charge in [0.25, 0.3) is 5.91 Å². The summed E-state index contributed by atoms with van der Waals surface area (Å²) < 4.78 is 10.4. The lowest BCUT2D eigenvalue weighted by molar-refractivity contribution is -0.133. The lowest BCUT2D eigenvalue weighted by Crippen LogP contribution is -2.30. The molecule has 0 bridgehead atoms. The van der Waals surface area contributed by atoms with Gasteiger partial charge in [-0.05, 0) is 48.9 Å². The first kappa shape index (κ1) is 19.0. The van der Waals surface area contributed by atoms with Crippen molar-refractivity contribution in [2.24, 2.45) is 0 Å². The van der Waals surface area contributed by atoms with Crippen LogP contribution in [-0.4, -0.2) is 37.0 Å². The molecule has 1 amide bonds. The molecule has 0 fully saturated rings. The summed E-state index contributed by atoms with van der Waals surface area (Å²) in [6.07, 6.45) is 0. The molecular formula is C20H20N2O4. The van der Waals surface area contributed by atoms with E-state index in [0.717, 1.165) is 11.3 Å². The number of likely N-dealkylation sites (N-methyl/N-ethyl adjacent to an activating group) is 1. The number of rotatable bonds is 7. The third-order valence-corrected chi connectivity index (χ3v) is 3.66. The van der Waals surface area contributed by atoms with Gasteiger partial charge in [0.2, 0.25) is 0 Å². The predicted molar refractivity (Wildman–Crippen MR) is 95.5 cm³/mol. The van der Waals surface area contributed by atoms with Crippen molar-refractivity contribution in [3.63, 3.8) is 0 Å². The zero-order chi connectivity index (χ0) is 18.9. The number of hydrogen-bond donors (Lipinski definition) is 0. The zero-order valence-electron chi connectivity index (χ0n) is 14.8. The number of nitriles is 1. The Balaban J connectivity index is 1.84. The number of hydrogen-bond acceptors (Lipinski definition) is 5. The number of nitrogens with zero attached hydrogens (tertiary/aromatic N) is 2. The maximum absolute atomic E-state index is 12.1. The highest BCUT2D eigenvalue weighted by atomic mass is 16.5. The van der Waals surface area contributed by atoms with Crippen LogP contribution >= 0.6 is 0 Å². The maximum atomic E-state index is 12.1. The fourth-order valence-corrected chi connectivity index (χ4v) is 2.22. The van der Waals surface area contributed by atoms with Crippen molar-refractivity contribution in [2.45, 2.75) is 13.5 Å². The second-order valence-electron chi connectivity index (χ2n) is 5.59. The van der Waals surface area contributed by atoms with E-state index in [1.54, 1.807) is 7.05 Å². The van der Waals surface area contributed by atoms with Crippen molar-refractivity contribution in [2.75, 3.05) is 20.3 Å². The molecule has 6 nitrogen and oxygen atoms in total. The lowest BCUT2D eigenvalue weighted by atomic mass is 10.1. The van der Waals surface area contributed by atoms with Crippen LogP contribution in [0.1, 0.15) is 28.4 Å². The lowest BCUT2D eigenvalue weighted by Gasteiger charge is -2.17. The first-order chi connectivity index (χ1) is 12.5. The van der Waals surface area contributed by atoms with Crippen LogP contribution in [0, 0.1) is 11.3 Å².